The van der Waals surface area contributed by atoms with Gasteiger partial charge in [-0.3, -0.25) is 0 Å². The van der Waals surface area contributed by atoms with Crippen LogP contribution in [0.1, 0.15) is 5.76 Å². The summed E-state index contributed by atoms with van der Waals surface area (Å²) in [6.07, 6.45) is 3.59. The van der Waals surface area contributed by atoms with Gasteiger partial charge in [-0.2, -0.15) is 0 Å². The molecular weight excluding hydrogens is 144 g/mol. The molecule has 0 spiro atoms. The summed E-state index contributed by atoms with van der Waals surface area (Å²) in [5.41, 5.74) is 0. The van der Waals surface area contributed by atoms with Crippen LogP contribution in [-0.4, -0.2) is 5.75 Å². The second kappa shape index (κ2) is 4.23. The highest BCUT2D eigenvalue weighted by atomic mass is 32.2. The van der Waals surface area contributed by atoms with Crippen LogP contribution >= 0.6 is 11.8 Å². The molecule has 0 N–H and O–H groups in total. The molecule has 0 atom stereocenters. The van der Waals surface area contributed by atoms with Crippen molar-refractivity contribution in [3.63, 3.8) is 0 Å². The number of hydrogen-bond donors (Lipinski definition) is 0. The van der Waals surface area contributed by atoms with Crippen LogP contribution in [0.2, 0.25) is 0 Å². The van der Waals surface area contributed by atoms with E-state index in [-0.39, 0.29) is 0 Å². The summed E-state index contributed by atoms with van der Waals surface area (Å²) in [7, 11) is 0. The third kappa shape index (κ3) is 2.31. The van der Waals surface area contributed by atoms with E-state index in [2.05, 4.69) is 6.58 Å². The van der Waals surface area contributed by atoms with Crippen LogP contribution < -0.4 is 0 Å². The van der Waals surface area contributed by atoms with E-state index in [1.54, 1.807) is 18.0 Å². The first-order valence-electron chi connectivity index (χ1n) is 3.14. The van der Waals surface area contributed by atoms with Crippen LogP contribution in [0.3, 0.4) is 0 Å². The van der Waals surface area contributed by atoms with Crippen molar-refractivity contribution in [1.82, 2.24) is 0 Å². The van der Waals surface area contributed by atoms with Crippen LogP contribution in [0.25, 0.3) is 0 Å². The minimum atomic E-state index is 0.943. The Bertz CT molecular complexity index is 179. The Balaban J connectivity index is 2.21. The zero-order chi connectivity index (χ0) is 7.23. The normalized spacial score (nSPS) is 9.60. The summed E-state index contributed by atoms with van der Waals surface area (Å²) < 4.78 is 5.12. The summed E-state index contributed by atoms with van der Waals surface area (Å²) in [4.78, 5) is 0. The molecule has 1 heterocycles. The van der Waals surface area contributed by atoms with Gasteiger partial charge >= 0.3 is 0 Å². The van der Waals surface area contributed by atoms with Gasteiger partial charge in [-0.25, -0.2) is 0 Å². The lowest BCUT2D eigenvalue weighted by atomic mass is 10.5. The lowest BCUT2D eigenvalue weighted by Crippen LogP contribution is -1.74. The smallest absolute Gasteiger partial charge is 0.113 e. The van der Waals surface area contributed by atoms with Crippen LogP contribution in [0.15, 0.2) is 35.5 Å². The van der Waals surface area contributed by atoms with Crippen molar-refractivity contribution < 1.29 is 4.42 Å². The van der Waals surface area contributed by atoms with Crippen molar-refractivity contribution in [1.29, 1.82) is 0 Å². The van der Waals surface area contributed by atoms with E-state index in [4.69, 9.17) is 4.42 Å². The lowest BCUT2D eigenvalue weighted by Gasteiger charge is -1.91. The molecule has 10 heavy (non-hydrogen) atoms. The molecule has 0 aliphatic heterocycles. The number of thioether (sulfide) groups is 1. The van der Waals surface area contributed by atoms with Gasteiger partial charge in [-0.1, -0.05) is 6.08 Å². The first-order valence-corrected chi connectivity index (χ1v) is 4.30. The van der Waals surface area contributed by atoms with Crippen molar-refractivity contribution in [3.05, 3.63) is 36.8 Å². The molecule has 0 radical (unpaired) electrons. The second-order valence-corrected chi connectivity index (χ2v) is 2.91. The molecule has 1 rings (SSSR count). The minimum Gasteiger partial charge on any atom is -0.468 e. The van der Waals surface area contributed by atoms with Crippen LogP contribution in [0.5, 0.6) is 0 Å². The van der Waals surface area contributed by atoms with E-state index in [1.165, 1.54) is 0 Å². The van der Waals surface area contributed by atoms with Crippen LogP contribution in [-0.2, 0) is 5.75 Å². The van der Waals surface area contributed by atoms with Crippen molar-refractivity contribution in [2.45, 2.75) is 5.75 Å². The molecule has 1 aromatic heterocycles. The van der Waals surface area contributed by atoms with Crippen molar-refractivity contribution >= 4 is 11.8 Å². The Hall–Kier alpha value is -0.630. The summed E-state index contributed by atoms with van der Waals surface area (Å²) in [5.74, 6) is 2.96. The average molecular weight is 154 g/mol. The third-order valence-corrected chi connectivity index (χ3v) is 2.02. The molecule has 0 bridgehead atoms. The van der Waals surface area contributed by atoms with Gasteiger partial charge in [0.25, 0.3) is 0 Å². The van der Waals surface area contributed by atoms with Crippen LogP contribution in [0, 0.1) is 0 Å². The van der Waals surface area contributed by atoms with E-state index >= 15 is 0 Å². The quantitative estimate of drug-likeness (QED) is 0.488. The molecule has 0 aromatic carbocycles. The molecule has 0 unspecified atom stereocenters. The van der Waals surface area contributed by atoms with Gasteiger partial charge < -0.3 is 4.42 Å². The first kappa shape index (κ1) is 7.48. The third-order valence-electron chi connectivity index (χ3n) is 1.06. The summed E-state index contributed by atoms with van der Waals surface area (Å²) in [5, 5.41) is 0. The Morgan fingerprint density at radius 3 is 3.20 bits per heavy atom. The first-order chi connectivity index (χ1) is 4.93. The maximum absolute atomic E-state index is 5.12. The van der Waals surface area contributed by atoms with Gasteiger partial charge in [0.1, 0.15) is 5.76 Å². The predicted octanol–water partition coefficient (Wildman–Crippen LogP) is 2.70. The topological polar surface area (TPSA) is 13.1 Å². The van der Waals surface area contributed by atoms with Gasteiger partial charge in [-0.15, -0.1) is 18.3 Å². The zero-order valence-electron chi connectivity index (χ0n) is 5.75. The fraction of sp³-hybridized carbons (Fsp3) is 0.250. The maximum Gasteiger partial charge on any atom is 0.113 e. The molecule has 1 aromatic rings. The van der Waals surface area contributed by atoms with E-state index in [0.717, 1.165) is 17.3 Å². The highest BCUT2D eigenvalue weighted by Crippen LogP contribution is 2.11. The molecule has 2 heteroatoms. The number of hydrogen-bond acceptors (Lipinski definition) is 2. The van der Waals surface area contributed by atoms with Gasteiger partial charge in [0.05, 0.1) is 12.0 Å². The molecule has 0 aliphatic rings. The number of furan rings is 1. The molecule has 0 amide bonds. The molecular formula is C8H10OS. The second-order valence-electron chi connectivity index (χ2n) is 1.88. The molecule has 0 fully saturated rings. The van der Waals surface area contributed by atoms with Crippen molar-refractivity contribution in [2.24, 2.45) is 0 Å². The minimum absolute atomic E-state index is 0.943. The molecule has 0 saturated heterocycles. The standard InChI is InChI=1S/C8H10OS/c1-2-6-10-7-8-4-3-5-9-8/h2-5H,1,6-7H2. The predicted molar refractivity (Wildman–Crippen MR) is 45.1 cm³/mol. The largest absolute Gasteiger partial charge is 0.468 e. The Morgan fingerprint density at radius 2 is 2.60 bits per heavy atom. The van der Waals surface area contributed by atoms with Gasteiger partial charge in [0.2, 0.25) is 0 Å². The summed E-state index contributed by atoms with van der Waals surface area (Å²) >= 11 is 1.80. The van der Waals surface area contributed by atoms with Crippen molar-refractivity contribution in [3.8, 4) is 0 Å². The summed E-state index contributed by atoms with van der Waals surface area (Å²) in [6.45, 7) is 3.63. The van der Waals surface area contributed by atoms with E-state index in [1.807, 2.05) is 18.2 Å². The van der Waals surface area contributed by atoms with Gasteiger partial charge in [-0.05, 0) is 12.1 Å². The lowest BCUT2D eigenvalue weighted by molar-refractivity contribution is 0.530. The molecule has 1 nitrogen and oxygen atoms in total. The Labute approximate surface area is 65.1 Å². The van der Waals surface area contributed by atoms with E-state index < -0.39 is 0 Å². The SMILES string of the molecule is C=CCSCc1ccco1. The average Bonchev–Trinajstić information content (AvgIpc) is 2.41. The monoisotopic (exact) mass is 154 g/mol. The molecule has 0 saturated carbocycles. The van der Waals surface area contributed by atoms with E-state index in [0.29, 0.717) is 0 Å². The fourth-order valence-corrected chi connectivity index (χ4v) is 1.29. The Kier molecular flexibility index (Phi) is 3.16. The number of rotatable bonds is 4. The summed E-state index contributed by atoms with van der Waals surface area (Å²) in [6, 6.07) is 3.89. The Morgan fingerprint density at radius 1 is 1.70 bits per heavy atom. The van der Waals surface area contributed by atoms with Gasteiger partial charge in [0.15, 0.2) is 0 Å². The zero-order valence-corrected chi connectivity index (χ0v) is 6.56. The highest BCUT2D eigenvalue weighted by Gasteiger charge is 1.92. The van der Waals surface area contributed by atoms with Gasteiger partial charge in [0, 0.05) is 5.75 Å². The van der Waals surface area contributed by atoms with Crippen LogP contribution in [0.4, 0.5) is 0 Å². The molecule has 54 valence electrons. The maximum atomic E-state index is 5.12. The fourth-order valence-electron chi connectivity index (χ4n) is 0.638. The molecule has 0 aliphatic carbocycles. The highest BCUT2D eigenvalue weighted by molar-refractivity contribution is 7.98. The van der Waals surface area contributed by atoms with E-state index in [9.17, 15) is 0 Å². The van der Waals surface area contributed by atoms with Crippen molar-refractivity contribution in [2.75, 3.05) is 5.75 Å².